The van der Waals surface area contributed by atoms with Crippen LogP contribution in [0.15, 0.2) is 53.7 Å². The summed E-state index contributed by atoms with van der Waals surface area (Å²) in [5, 5.41) is 3.40. The lowest BCUT2D eigenvalue weighted by Crippen LogP contribution is -2.56. The third-order valence-electron chi connectivity index (χ3n) is 7.44. The number of benzene rings is 2. The van der Waals surface area contributed by atoms with Crippen molar-refractivity contribution >= 4 is 29.5 Å². The van der Waals surface area contributed by atoms with Crippen LogP contribution < -0.4 is 14.8 Å². The van der Waals surface area contributed by atoms with Gasteiger partial charge in [-0.3, -0.25) is 14.6 Å². The molecule has 41 heavy (non-hydrogen) atoms. The predicted octanol–water partition coefficient (Wildman–Crippen LogP) is 4.11. The van der Waals surface area contributed by atoms with E-state index in [4.69, 9.17) is 25.8 Å². The Hall–Kier alpha value is -3.76. The minimum absolute atomic E-state index is 0.116. The molecule has 2 unspecified atom stereocenters. The molecule has 1 fully saturated rings. The van der Waals surface area contributed by atoms with Crippen LogP contribution >= 0.6 is 11.6 Å². The number of amides is 3. The summed E-state index contributed by atoms with van der Waals surface area (Å²) in [6.45, 7) is 8.07. The first kappa shape index (κ1) is 30.2. The van der Waals surface area contributed by atoms with Crippen LogP contribution in [0.5, 0.6) is 11.5 Å². The zero-order valence-electron chi connectivity index (χ0n) is 24.1. The van der Waals surface area contributed by atoms with Crippen molar-refractivity contribution in [1.29, 1.82) is 0 Å². The Labute approximate surface area is 245 Å². The van der Waals surface area contributed by atoms with E-state index in [1.807, 2.05) is 18.7 Å². The molecule has 0 bridgehead atoms. The minimum Gasteiger partial charge on any atom is -0.493 e. The second-order valence-electron chi connectivity index (χ2n) is 9.88. The van der Waals surface area contributed by atoms with Gasteiger partial charge in [0.1, 0.15) is 0 Å². The molecule has 0 saturated carbocycles. The Morgan fingerprint density at radius 3 is 2.41 bits per heavy atom. The third kappa shape index (κ3) is 6.28. The Morgan fingerprint density at radius 2 is 1.78 bits per heavy atom. The van der Waals surface area contributed by atoms with Crippen molar-refractivity contribution < 1.29 is 28.6 Å². The fourth-order valence-corrected chi connectivity index (χ4v) is 5.64. The zero-order chi connectivity index (χ0) is 29.7. The van der Waals surface area contributed by atoms with Gasteiger partial charge < -0.3 is 24.4 Å². The van der Waals surface area contributed by atoms with E-state index >= 15 is 0 Å². The number of rotatable bonds is 9. The maximum atomic E-state index is 13.5. The molecule has 0 aromatic heterocycles. The third-order valence-corrected chi connectivity index (χ3v) is 7.77. The molecule has 11 heteroatoms. The van der Waals surface area contributed by atoms with Crippen molar-refractivity contribution in [1.82, 2.24) is 20.0 Å². The summed E-state index contributed by atoms with van der Waals surface area (Å²) in [6, 6.07) is 11.1. The Balaban J connectivity index is 1.67. The van der Waals surface area contributed by atoms with Gasteiger partial charge in [0, 0.05) is 44.5 Å². The van der Waals surface area contributed by atoms with Crippen molar-refractivity contribution in [2.24, 2.45) is 0 Å². The lowest BCUT2D eigenvalue weighted by Gasteiger charge is -2.43. The maximum Gasteiger partial charge on any atom is 0.338 e. The highest BCUT2D eigenvalue weighted by molar-refractivity contribution is 6.33. The average Bonchev–Trinajstić information content (AvgIpc) is 2.96. The molecular formula is C30H37ClN4O6. The number of likely N-dealkylation sites (N-methyl/N-ethyl adjacent to an activating group) is 1. The summed E-state index contributed by atoms with van der Waals surface area (Å²) in [7, 11) is 3.08. The fraction of sp³-hybridized carbons (Fsp3) is 0.433. The summed E-state index contributed by atoms with van der Waals surface area (Å²) in [5.41, 5.74) is 2.08. The molecule has 2 aromatic carbocycles. The van der Waals surface area contributed by atoms with Crippen LogP contribution in [0.1, 0.15) is 42.7 Å². The van der Waals surface area contributed by atoms with E-state index in [-0.39, 0.29) is 24.6 Å². The predicted molar refractivity (Wildman–Crippen MR) is 155 cm³/mol. The maximum absolute atomic E-state index is 13.5. The van der Waals surface area contributed by atoms with Crippen molar-refractivity contribution in [3.8, 4) is 11.5 Å². The van der Waals surface area contributed by atoms with Gasteiger partial charge in [-0.2, -0.15) is 0 Å². The first-order chi connectivity index (χ1) is 19.7. The Morgan fingerprint density at radius 1 is 1.05 bits per heavy atom. The molecule has 0 spiro atoms. The number of nitrogens with zero attached hydrogens (tertiary/aromatic N) is 3. The molecule has 0 radical (unpaired) electrons. The van der Waals surface area contributed by atoms with Crippen LogP contribution in [-0.2, 0) is 9.53 Å². The SMILES string of the molecule is CCOC(=O)C1=C(CN2CCN(C(=O)c3ccccc3Cl)C(C)C2)N(CC)C(=O)NC1c1ccc(OC)c(OC)c1. The number of ether oxygens (including phenoxy) is 3. The number of piperazine rings is 1. The lowest BCUT2D eigenvalue weighted by atomic mass is 9.93. The highest BCUT2D eigenvalue weighted by Crippen LogP contribution is 2.36. The van der Waals surface area contributed by atoms with Crippen molar-refractivity contribution in [2.45, 2.75) is 32.9 Å². The van der Waals surface area contributed by atoms with Crippen molar-refractivity contribution in [2.75, 3.05) is 53.6 Å². The summed E-state index contributed by atoms with van der Waals surface area (Å²) < 4.78 is 16.3. The molecule has 3 amide bonds. The van der Waals surface area contributed by atoms with Crippen LogP contribution in [0, 0.1) is 0 Å². The van der Waals surface area contributed by atoms with Crippen LogP contribution in [-0.4, -0.2) is 92.2 Å². The van der Waals surface area contributed by atoms with E-state index in [0.717, 1.165) is 0 Å². The monoisotopic (exact) mass is 584 g/mol. The summed E-state index contributed by atoms with van der Waals surface area (Å²) >= 11 is 6.29. The van der Waals surface area contributed by atoms with Gasteiger partial charge in [-0.05, 0) is 50.6 Å². The highest BCUT2D eigenvalue weighted by Gasteiger charge is 2.39. The summed E-state index contributed by atoms with van der Waals surface area (Å²) in [4.78, 5) is 45.6. The standard InChI is InChI=1S/C30H37ClN4O6/c1-6-34-23(18-33-14-15-35(19(3)17-33)28(36)21-10-8-9-11-22(21)31)26(29(37)41-7-2)27(32-30(34)38)20-12-13-24(39-4)25(16-20)40-5/h8-13,16,19,27H,6-7,14-15,17-18H2,1-5H3,(H,32,38). The molecule has 0 aliphatic carbocycles. The molecule has 2 aliphatic rings. The fourth-order valence-electron chi connectivity index (χ4n) is 5.42. The molecule has 1 saturated heterocycles. The number of methoxy groups -OCH3 is 2. The first-order valence-corrected chi connectivity index (χ1v) is 14.1. The summed E-state index contributed by atoms with van der Waals surface area (Å²) in [6.07, 6.45) is 0. The summed E-state index contributed by atoms with van der Waals surface area (Å²) in [5.74, 6) is 0.403. The molecule has 2 aromatic rings. The van der Waals surface area contributed by atoms with E-state index in [2.05, 4.69) is 10.2 Å². The van der Waals surface area contributed by atoms with E-state index in [1.54, 1.807) is 61.4 Å². The van der Waals surface area contributed by atoms with Crippen molar-refractivity contribution in [3.05, 3.63) is 69.9 Å². The molecule has 4 rings (SSSR count). The largest absolute Gasteiger partial charge is 0.493 e. The number of carbonyl (C=O) groups excluding carboxylic acids is 3. The van der Waals surface area contributed by atoms with Gasteiger partial charge in [-0.15, -0.1) is 0 Å². The van der Waals surface area contributed by atoms with Gasteiger partial charge in [-0.25, -0.2) is 9.59 Å². The van der Waals surface area contributed by atoms with E-state index in [9.17, 15) is 14.4 Å². The van der Waals surface area contributed by atoms with E-state index in [1.165, 1.54) is 7.11 Å². The molecule has 2 aliphatic heterocycles. The van der Waals surface area contributed by atoms with Gasteiger partial charge in [-0.1, -0.05) is 29.8 Å². The number of halogens is 1. The molecule has 2 atom stereocenters. The van der Waals surface area contributed by atoms with Gasteiger partial charge in [0.05, 0.1) is 43.0 Å². The number of urea groups is 1. The molecule has 2 heterocycles. The average molecular weight is 585 g/mol. The number of nitrogens with one attached hydrogen (secondary N) is 1. The second kappa shape index (κ2) is 13.3. The topological polar surface area (TPSA) is 101 Å². The van der Waals surface area contributed by atoms with Crippen LogP contribution in [0.25, 0.3) is 0 Å². The van der Waals surface area contributed by atoms with Crippen LogP contribution in [0.2, 0.25) is 5.02 Å². The Bertz CT molecular complexity index is 1330. The number of hydrogen-bond donors (Lipinski definition) is 1. The quantitative estimate of drug-likeness (QED) is 0.443. The number of esters is 1. The van der Waals surface area contributed by atoms with Gasteiger partial charge in [0.25, 0.3) is 5.91 Å². The lowest BCUT2D eigenvalue weighted by molar-refractivity contribution is -0.139. The highest BCUT2D eigenvalue weighted by atomic mass is 35.5. The zero-order valence-corrected chi connectivity index (χ0v) is 24.9. The second-order valence-corrected chi connectivity index (χ2v) is 10.3. The number of carbonyl (C=O) groups is 3. The van der Waals surface area contributed by atoms with Gasteiger partial charge in [0.15, 0.2) is 11.5 Å². The van der Waals surface area contributed by atoms with E-state index in [0.29, 0.717) is 71.6 Å². The molecule has 1 N–H and O–H groups in total. The van der Waals surface area contributed by atoms with E-state index < -0.39 is 12.0 Å². The van der Waals surface area contributed by atoms with Gasteiger partial charge in [0.2, 0.25) is 0 Å². The Kier molecular flexibility index (Phi) is 9.77. The minimum atomic E-state index is -0.750. The molecule has 220 valence electrons. The molecule has 10 nitrogen and oxygen atoms in total. The first-order valence-electron chi connectivity index (χ1n) is 13.7. The van der Waals surface area contributed by atoms with Crippen LogP contribution in [0.4, 0.5) is 4.79 Å². The van der Waals surface area contributed by atoms with Crippen LogP contribution in [0.3, 0.4) is 0 Å². The smallest absolute Gasteiger partial charge is 0.338 e. The van der Waals surface area contributed by atoms with Crippen molar-refractivity contribution in [3.63, 3.8) is 0 Å². The number of hydrogen-bond acceptors (Lipinski definition) is 7. The van der Waals surface area contributed by atoms with Gasteiger partial charge >= 0.3 is 12.0 Å². The normalized spacial score (nSPS) is 19.6. The molecular weight excluding hydrogens is 548 g/mol.